The van der Waals surface area contributed by atoms with Gasteiger partial charge in [0.05, 0.1) is 6.54 Å². The molecule has 0 bridgehead atoms. The number of likely N-dealkylation sites (tertiary alicyclic amines) is 1. The summed E-state index contributed by atoms with van der Waals surface area (Å²) >= 11 is 0. The zero-order valence-corrected chi connectivity index (χ0v) is 14.5. The average molecular weight is 357 g/mol. The first-order chi connectivity index (χ1) is 11.4. The molecule has 0 spiro atoms. The number of carbonyl (C=O) groups is 1. The van der Waals surface area contributed by atoms with Gasteiger partial charge in [-0.1, -0.05) is 0 Å². The minimum absolute atomic E-state index is 0.177. The number of aromatic amines is 1. The maximum atomic E-state index is 12.5. The summed E-state index contributed by atoms with van der Waals surface area (Å²) in [7, 11) is 0. The van der Waals surface area contributed by atoms with E-state index in [-0.39, 0.29) is 12.1 Å². The predicted molar refractivity (Wildman–Crippen MR) is 86.1 cm³/mol. The Morgan fingerprint density at radius 3 is 2.40 bits per heavy atom. The van der Waals surface area contributed by atoms with Crippen LogP contribution in [-0.2, 0) is 4.74 Å². The first-order valence-corrected chi connectivity index (χ1v) is 7.78. The lowest BCUT2D eigenvalue weighted by atomic mass is 9.98. The van der Waals surface area contributed by atoms with Crippen molar-refractivity contribution in [3.05, 3.63) is 32.6 Å². The van der Waals surface area contributed by atoms with Crippen LogP contribution in [-0.4, -0.2) is 66.3 Å². The summed E-state index contributed by atoms with van der Waals surface area (Å²) in [6.45, 7) is 6.02. The molecule has 2 heterocycles. The highest BCUT2D eigenvalue weighted by molar-refractivity contribution is 5.68. The first kappa shape index (κ1) is 19.2. The summed E-state index contributed by atoms with van der Waals surface area (Å²) in [4.78, 5) is 39.2. The summed E-state index contributed by atoms with van der Waals surface area (Å²) in [6, 6.07) is 0. The van der Waals surface area contributed by atoms with Crippen LogP contribution in [0, 0.1) is 6.92 Å². The third-order valence-electron chi connectivity index (χ3n) is 3.81. The van der Waals surface area contributed by atoms with E-state index < -0.39 is 47.4 Å². The molecule has 0 radical (unpaired) electrons. The van der Waals surface area contributed by atoms with E-state index in [1.54, 1.807) is 20.8 Å². The third kappa shape index (κ3) is 3.91. The molecule has 1 amide bonds. The van der Waals surface area contributed by atoms with Gasteiger partial charge in [-0.05, 0) is 27.7 Å². The van der Waals surface area contributed by atoms with E-state index in [0.29, 0.717) is 0 Å². The van der Waals surface area contributed by atoms with E-state index in [0.717, 1.165) is 9.47 Å². The summed E-state index contributed by atoms with van der Waals surface area (Å²) in [5, 5.41) is 30.2. The van der Waals surface area contributed by atoms with E-state index in [1.807, 2.05) is 0 Å². The standard InChI is InChI=1S/C15H23N3O7/c1-7-5-17(13(23)16-11(7)22)12-10(21)9(20)8(19)6-18(12)14(24)25-15(2,3)4/h5,8-10,12,19-21H,6H2,1-4H3,(H,16,22,23)/t8-,9+,10+,12+/m0/s1. The molecular weight excluding hydrogens is 334 g/mol. The summed E-state index contributed by atoms with van der Waals surface area (Å²) < 4.78 is 6.18. The van der Waals surface area contributed by atoms with Crippen LogP contribution in [0.25, 0.3) is 0 Å². The van der Waals surface area contributed by atoms with E-state index in [2.05, 4.69) is 4.98 Å². The number of aromatic nitrogens is 2. The molecule has 25 heavy (non-hydrogen) atoms. The van der Waals surface area contributed by atoms with E-state index in [1.165, 1.54) is 13.1 Å². The topological polar surface area (TPSA) is 145 Å². The number of ether oxygens (including phenoxy) is 1. The minimum atomic E-state index is -1.67. The maximum Gasteiger partial charge on any atom is 0.412 e. The molecular formula is C15H23N3O7. The first-order valence-electron chi connectivity index (χ1n) is 7.78. The second-order valence-corrected chi connectivity index (χ2v) is 7.07. The molecule has 0 saturated carbocycles. The molecule has 0 aromatic carbocycles. The van der Waals surface area contributed by atoms with Gasteiger partial charge in [-0.2, -0.15) is 0 Å². The Morgan fingerprint density at radius 1 is 1.24 bits per heavy atom. The SMILES string of the molecule is Cc1cn([C@H]2[C@H](O)[C@H](O)[C@@H](O)CN2C(=O)OC(C)(C)C)c(=O)[nH]c1=O. The highest BCUT2D eigenvalue weighted by atomic mass is 16.6. The van der Waals surface area contributed by atoms with Gasteiger partial charge in [0.1, 0.15) is 30.1 Å². The molecule has 10 heteroatoms. The fourth-order valence-corrected chi connectivity index (χ4v) is 2.61. The van der Waals surface area contributed by atoms with E-state index >= 15 is 0 Å². The van der Waals surface area contributed by atoms with Gasteiger partial charge in [0.2, 0.25) is 0 Å². The van der Waals surface area contributed by atoms with Gasteiger partial charge >= 0.3 is 11.8 Å². The Balaban J connectivity index is 2.52. The molecule has 1 aliphatic heterocycles. The fourth-order valence-electron chi connectivity index (χ4n) is 2.61. The van der Waals surface area contributed by atoms with Crippen LogP contribution in [0.3, 0.4) is 0 Å². The van der Waals surface area contributed by atoms with Crippen molar-refractivity contribution in [2.45, 2.75) is 57.8 Å². The van der Waals surface area contributed by atoms with Gasteiger partial charge in [-0.15, -0.1) is 0 Å². The lowest BCUT2D eigenvalue weighted by Crippen LogP contribution is -2.62. The second kappa shape index (κ2) is 6.62. The normalized spacial score (nSPS) is 27.2. The lowest BCUT2D eigenvalue weighted by molar-refractivity contribution is -0.152. The Kier molecular flexibility index (Phi) is 5.07. The number of carbonyl (C=O) groups excluding carboxylic acids is 1. The van der Waals surface area contributed by atoms with Crippen molar-refractivity contribution in [2.24, 2.45) is 0 Å². The van der Waals surface area contributed by atoms with E-state index in [4.69, 9.17) is 4.74 Å². The number of aliphatic hydroxyl groups excluding tert-OH is 3. The summed E-state index contributed by atoms with van der Waals surface area (Å²) in [5.41, 5.74) is -2.14. The molecule has 10 nitrogen and oxygen atoms in total. The fraction of sp³-hybridized carbons (Fsp3) is 0.667. The van der Waals surface area contributed by atoms with Crippen molar-refractivity contribution in [2.75, 3.05) is 6.54 Å². The zero-order valence-electron chi connectivity index (χ0n) is 14.5. The van der Waals surface area contributed by atoms with Gasteiger partial charge in [0, 0.05) is 11.8 Å². The van der Waals surface area contributed by atoms with Crippen LogP contribution < -0.4 is 11.2 Å². The van der Waals surface area contributed by atoms with Gasteiger partial charge < -0.3 is 20.1 Å². The summed E-state index contributed by atoms with van der Waals surface area (Å²) in [5.74, 6) is 0. The molecule has 1 saturated heterocycles. The van der Waals surface area contributed by atoms with Crippen molar-refractivity contribution in [1.82, 2.24) is 14.5 Å². The Labute approximate surface area is 143 Å². The number of β-amino-alcohol motifs (C(OH)–C–C–N with tert-alkyl or cyclic N) is 1. The number of H-pyrrole nitrogens is 1. The monoisotopic (exact) mass is 357 g/mol. The molecule has 1 aromatic heterocycles. The van der Waals surface area contributed by atoms with Gasteiger partial charge in [-0.3, -0.25) is 19.2 Å². The number of rotatable bonds is 1. The maximum absolute atomic E-state index is 12.5. The molecule has 1 aliphatic rings. The number of nitrogens with zero attached hydrogens (tertiary/aromatic N) is 2. The Bertz CT molecular complexity index is 764. The van der Waals surface area contributed by atoms with Gasteiger partial charge in [-0.25, -0.2) is 9.59 Å². The second-order valence-electron chi connectivity index (χ2n) is 7.07. The lowest BCUT2D eigenvalue weighted by Gasteiger charge is -2.44. The number of piperidine rings is 1. The Hall–Kier alpha value is -2.17. The zero-order chi connectivity index (χ0) is 19.1. The van der Waals surface area contributed by atoms with Crippen LogP contribution in [0.5, 0.6) is 0 Å². The summed E-state index contributed by atoms with van der Waals surface area (Å²) in [6.07, 6.45) is -5.72. The quantitative estimate of drug-likeness (QED) is 0.487. The number of aryl methyl sites for hydroxylation is 1. The number of amides is 1. The van der Waals surface area contributed by atoms with Crippen LogP contribution in [0.2, 0.25) is 0 Å². The van der Waals surface area contributed by atoms with Crippen LogP contribution >= 0.6 is 0 Å². The van der Waals surface area contributed by atoms with Crippen LogP contribution in [0.1, 0.15) is 32.5 Å². The van der Waals surface area contributed by atoms with E-state index in [9.17, 15) is 29.7 Å². The third-order valence-corrected chi connectivity index (χ3v) is 3.81. The van der Waals surface area contributed by atoms with Crippen LogP contribution in [0.4, 0.5) is 4.79 Å². The predicted octanol–water partition coefficient (Wildman–Crippen LogP) is -1.32. The molecule has 1 aromatic rings. The van der Waals surface area contributed by atoms with Crippen molar-refractivity contribution >= 4 is 6.09 Å². The Morgan fingerprint density at radius 2 is 1.84 bits per heavy atom. The number of nitrogens with one attached hydrogen (secondary N) is 1. The number of aliphatic hydroxyl groups is 3. The molecule has 0 aliphatic carbocycles. The average Bonchev–Trinajstić information content (AvgIpc) is 2.47. The van der Waals surface area contributed by atoms with Gasteiger partial charge in [0.25, 0.3) is 5.56 Å². The smallest absolute Gasteiger partial charge is 0.412 e. The number of hydrogen-bond donors (Lipinski definition) is 4. The van der Waals surface area contributed by atoms with Crippen molar-refractivity contribution < 1.29 is 24.9 Å². The largest absolute Gasteiger partial charge is 0.444 e. The minimum Gasteiger partial charge on any atom is -0.444 e. The highest BCUT2D eigenvalue weighted by Crippen LogP contribution is 2.28. The molecule has 1 fully saturated rings. The highest BCUT2D eigenvalue weighted by Gasteiger charge is 2.46. The molecule has 2 rings (SSSR count). The molecule has 4 atom stereocenters. The molecule has 4 N–H and O–H groups in total. The van der Waals surface area contributed by atoms with Crippen LogP contribution in [0.15, 0.2) is 15.8 Å². The van der Waals surface area contributed by atoms with Gasteiger partial charge in [0.15, 0.2) is 0 Å². The van der Waals surface area contributed by atoms with Crippen molar-refractivity contribution in [3.8, 4) is 0 Å². The van der Waals surface area contributed by atoms with Crippen molar-refractivity contribution in [1.29, 1.82) is 0 Å². The number of hydrogen-bond acceptors (Lipinski definition) is 7. The van der Waals surface area contributed by atoms with Crippen molar-refractivity contribution in [3.63, 3.8) is 0 Å². The molecule has 140 valence electrons. The molecule has 0 unspecified atom stereocenters.